The predicted molar refractivity (Wildman–Crippen MR) is 115 cm³/mol. The summed E-state index contributed by atoms with van der Waals surface area (Å²) < 4.78 is 11.2. The van der Waals surface area contributed by atoms with E-state index in [1.54, 1.807) is 0 Å². The quantitative estimate of drug-likeness (QED) is 0.664. The van der Waals surface area contributed by atoms with Gasteiger partial charge in [-0.25, -0.2) is 4.79 Å². The molecule has 2 heterocycles. The number of aryl methyl sites for hydroxylation is 1. The van der Waals surface area contributed by atoms with Gasteiger partial charge in [-0.3, -0.25) is 0 Å². The summed E-state index contributed by atoms with van der Waals surface area (Å²) in [6.45, 7) is 9.63. The van der Waals surface area contributed by atoms with Gasteiger partial charge in [0.25, 0.3) is 0 Å². The molecule has 29 heavy (non-hydrogen) atoms. The first-order valence-corrected chi connectivity index (χ1v) is 10.5. The molecule has 1 saturated heterocycles. The van der Waals surface area contributed by atoms with Crippen LogP contribution in [0.4, 0.5) is 5.69 Å². The molecule has 0 bridgehead atoms. The molecule has 0 unspecified atom stereocenters. The van der Waals surface area contributed by atoms with Gasteiger partial charge in [0, 0.05) is 23.8 Å². The number of hydrogen-bond donors (Lipinski definition) is 1. The Morgan fingerprint density at radius 1 is 1.14 bits per heavy atom. The molecule has 2 aliphatic rings. The zero-order valence-electron chi connectivity index (χ0n) is 18.0. The van der Waals surface area contributed by atoms with Crippen molar-refractivity contribution in [3.63, 3.8) is 0 Å². The molecule has 4 rings (SSSR count). The van der Waals surface area contributed by atoms with Crippen molar-refractivity contribution in [2.24, 2.45) is 5.92 Å². The summed E-state index contributed by atoms with van der Waals surface area (Å²) in [5, 5.41) is 3.80. The molecule has 1 N–H and O–H groups in total. The Bertz CT molecular complexity index is 928. The van der Waals surface area contributed by atoms with E-state index in [4.69, 9.17) is 9.47 Å². The van der Waals surface area contributed by atoms with E-state index in [0.29, 0.717) is 11.5 Å². The summed E-state index contributed by atoms with van der Waals surface area (Å²) >= 11 is 0. The molecule has 0 amide bonds. The van der Waals surface area contributed by atoms with Crippen LogP contribution in [-0.4, -0.2) is 19.7 Å². The van der Waals surface area contributed by atoms with Crippen LogP contribution in [0.1, 0.15) is 78.4 Å². The van der Waals surface area contributed by atoms with E-state index in [9.17, 15) is 4.79 Å². The van der Waals surface area contributed by atoms with Crippen LogP contribution in [0.25, 0.3) is 0 Å². The number of methoxy groups -OCH3 is 1. The van der Waals surface area contributed by atoms with Crippen molar-refractivity contribution in [1.82, 2.24) is 0 Å². The lowest BCUT2D eigenvalue weighted by Crippen LogP contribution is -2.36. The highest BCUT2D eigenvalue weighted by Crippen LogP contribution is 2.50. The van der Waals surface area contributed by atoms with Gasteiger partial charge < -0.3 is 14.8 Å². The Hall–Kier alpha value is -2.33. The van der Waals surface area contributed by atoms with E-state index in [2.05, 4.69) is 57.3 Å². The highest BCUT2D eigenvalue weighted by Gasteiger charge is 2.40. The van der Waals surface area contributed by atoms with Crippen molar-refractivity contribution in [2.75, 3.05) is 19.0 Å². The second-order valence-electron chi connectivity index (χ2n) is 9.33. The number of esters is 1. The number of carbonyl (C=O) groups excluding carboxylic acids is 1. The fraction of sp³-hybridized carbons (Fsp3) is 0.480. The van der Waals surface area contributed by atoms with Crippen molar-refractivity contribution in [2.45, 2.75) is 58.1 Å². The monoisotopic (exact) mass is 393 g/mol. The maximum absolute atomic E-state index is 11.9. The number of nitrogens with one attached hydrogen (secondary N) is 1. The van der Waals surface area contributed by atoms with E-state index in [1.165, 1.54) is 23.8 Å². The van der Waals surface area contributed by atoms with Gasteiger partial charge in [0.1, 0.15) is 0 Å². The second-order valence-corrected chi connectivity index (χ2v) is 9.33. The normalized spacial score (nSPS) is 23.6. The molecule has 3 atom stereocenters. The molecular weight excluding hydrogens is 362 g/mol. The average Bonchev–Trinajstić information content (AvgIpc) is 2.71. The second kappa shape index (κ2) is 7.49. The molecule has 0 radical (unpaired) electrons. The van der Waals surface area contributed by atoms with Gasteiger partial charge in [-0.1, -0.05) is 39.0 Å². The van der Waals surface area contributed by atoms with Gasteiger partial charge >= 0.3 is 5.97 Å². The standard InChI is InChI=1S/C25H31NO3/c1-15-13-16(24(27)28-5)8-10-18(15)22-19-7-6-12-29-23(19)20-14-17(25(2,3)4)9-11-21(20)26-22/h8-11,13-14,19,22-23,26H,6-7,12H2,1-5H3/t19-,22-,23-/m1/s1. The first kappa shape index (κ1) is 20.0. The summed E-state index contributed by atoms with van der Waals surface area (Å²) in [6.07, 6.45) is 2.30. The fourth-order valence-electron chi connectivity index (χ4n) is 4.71. The molecule has 0 spiro atoms. The van der Waals surface area contributed by atoms with Crippen LogP contribution in [0.3, 0.4) is 0 Å². The van der Waals surface area contributed by atoms with Crippen molar-refractivity contribution in [3.8, 4) is 0 Å². The minimum atomic E-state index is -0.296. The molecule has 4 nitrogen and oxygen atoms in total. The maximum Gasteiger partial charge on any atom is 0.337 e. The molecule has 0 saturated carbocycles. The summed E-state index contributed by atoms with van der Waals surface area (Å²) in [5.74, 6) is 0.0735. The van der Waals surface area contributed by atoms with Crippen LogP contribution >= 0.6 is 0 Å². The van der Waals surface area contributed by atoms with E-state index >= 15 is 0 Å². The van der Waals surface area contributed by atoms with E-state index in [-0.39, 0.29) is 23.5 Å². The number of hydrogen-bond acceptors (Lipinski definition) is 4. The summed E-state index contributed by atoms with van der Waals surface area (Å²) in [7, 11) is 1.42. The van der Waals surface area contributed by atoms with Gasteiger partial charge in [0.15, 0.2) is 0 Å². The number of rotatable bonds is 2. The Balaban J connectivity index is 1.74. The van der Waals surface area contributed by atoms with Crippen molar-refractivity contribution in [1.29, 1.82) is 0 Å². The molecule has 2 aromatic rings. The van der Waals surface area contributed by atoms with Crippen LogP contribution in [0.2, 0.25) is 0 Å². The number of ether oxygens (including phenoxy) is 2. The number of anilines is 1. The van der Waals surface area contributed by atoms with Crippen LogP contribution in [0.5, 0.6) is 0 Å². The van der Waals surface area contributed by atoms with Gasteiger partial charge in [-0.2, -0.15) is 0 Å². The first-order chi connectivity index (χ1) is 13.8. The SMILES string of the molecule is COC(=O)c1ccc([C@H]2Nc3ccc(C(C)(C)C)cc3[C@@H]3OCCC[C@H]23)c(C)c1. The average molecular weight is 394 g/mol. The summed E-state index contributed by atoms with van der Waals surface area (Å²) in [5.41, 5.74) is 6.80. The molecule has 4 heteroatoms. The smallest absolute Gasteiger partial charge is 0.337 e. The van der Waals surface area contributed by atoms with Gasteiger partial charge in [-0.05, 0) is 60.1 Å². The maximum atomic E-state index is 11.9. The van der Waals surface area contributed by atoms with E-state index in [1.807, 2.05) is 12.1 Å². The molecule has 154 valence electrons. The molecule has 0 aromatic heterocycles. The van der Waals surface area contributed by atoms with Crippen LogP contribution in [0, 0.1) is 12.8 Å². The van der Waals surface area contributed by atoms with Crippen LogP contribution in [-0.2, 0) is 14.9 Å². The van der Waals surface area contributed by atoms with Crippen molar-refractivity contribution < 1.29 is 14.3 Å². The highest BCUT2D eigenvalue weighted by atomic mass is 16.5. The van der Waals surface area contributed by atoms with Gasteiger partial charge in [0.2, 0.25) is 0 Å². The number of carbonyl (C=O) groups is 1. The lowest BCUT2D eigenvalue weighted by atomic mass is 9.75. The number of benzene rings is 2. The van der Waals surface area contributed by atoms with Crippen molar-refractivity contribution in [3.05, 3.63) is 64.2 Å². The molecule has 2 aliphatic heterocycles. The number of fused-ring (bicyclic) bond motifs is 3. The van der Waals surface area contributed by atoms with Gasteiger partial charge in [0.05, 0.1) is 24.8 Å². The van der Waals surface area contributed by atoms with Crippen LogP contribution in [0.15, 0.2) is 36.4 Å². The Labute approximate surface area is 173 Å². The third kappa shape index (κ3) is 3.66. The highest BCUT2D eigenvalue weighted by molar-refractivity contribution is 5.89. The van der Waals surface area contributed by atoms with E-state index < -0.39 is 0 Å². The first-order valence-electron chi connectivity index (χ1n) is 10.5. The lowest BCUT2D eigenvalue weighted by molar-refractivity contribution is -0.0382. The van der Waals surface area contributed by atoms with Gasteiger partial charge in [-0.15, -0.1) is 0 Å². The summed E-state index contributed by atoms with van der Waals surface area (Å²) in [6, 6.07) is 12.8. The summed E-state index contributed by atoms with van der Waals surface area (Å²) in [4.78, 5) is 11.9. The molecule has 0 aliphatic carbocycles. The minimum absolute atomic E-state index is 0.104. The Morgan fingerprint density at radius 2 is 1.93 bits per heavy atom. The molecule has 2 aromatic carbocycles. The Morgan fingerprint density at radius 3 is 2.62 bits per heavy atom. The Kier molecular flexibility index (Phi) is 5.16. The minimum Gasteiger partial charge on any atom is -0.465 e. The van der Waals surface area contributed by atoms with Crippen LogP contribution < -0.4 is 5.32 Å². The topological polar surface area (TPSA) is 47.6 Å². The lowest BCUT2D eigenvalue weighted by Gasteiger charge is -2.44. The van der Waals surface area contributed by atoms with Crippen molar-refractivity contribution >= 4 is 11.7 Å². The predicted octanol–water partition coefficient (Wildman–Crippen LogP) is 5.71. The fourth-order valence-corrected chi connectivity index (χ4v) is 4.71. The third-order valence-corrected chi connectivity index (χ3v) is 6.36. The zero-order chi connectivity index (χ0) is 20.8. The molecule has 1 fully saturated rings. The van der Waals surface area contributed by atoms with E-state index in [0.717, 1.165) is 30.7 Å². The third-order valence-electron chi connectivity index (χ3n) is 6.36. The zero-order valence-corrected chi connectivity index (χ0v) is 18.0. The molecular formula is C25H31NO3. The largest absolute Gasteiger partial charge is 0.465 e.